The SMILES string of the molecule is CCCCCc1ccc(C2=C/C(=C\C(C)(C)C)[Si]2(c2ccccc2)c2c(C(C)C)cc(C(C)C)cc2C(C)C)cc1. The van der Waals surface area contributed by atoms with Crippen molar-refractivity contribution in [3.8, 4) is 0 Å². The summed E-state index contributed by atoms with van der Waals surface area (Å²) in [5.74, 6) is 1.41. The normalized spacial score (nSPS) is 18.4. The smallest absolute Gasteiger partial charge is 0.0788 e. The maximum absolute atomic E-state index is 2.60. The largest absolute Gasteiger partial charge is 0.180 e. The van der Waals surface area contributed by atoms with Crippen LogP contribution in [0.4, 0.5) is 0 Å². The van der Waals surface area contributed by atoms with Gasteiger partial charge in [0.2, 0.25) is 0 Å². The maximum Gasteiger partial charge on any atom is 0.180 e. The van der Waals surface area contributed by atoms with Gasteiger partial charge in [-0.1, -0.05) is 161 Å². The highest BCUT2D eigenvalue weighted by molar-refractivity contribution is 7.23. The van der Waals surface area contributed by atoms with Crippen LogP contribution in [0.1, 0.15) is 134 Å². The Hall–Kier alpha value is -2.64. The number of benzene rings is 3. The molecule has 0 amide bonds. The van der Waals surface area contributed by atoms with Crippen molar-refractivity contribution in [2.24, 2.45) is 5.41 Å². The molecule has 1 aliphatic heterocycles. The van der Waals surface area contributed by atoms with E-state index in [-0.39, 0.29) is 5.41 Å². The summed E-state index contributed by atoms with van der Waals surface area (Å²) in [6, 6.07) is 26.4. The van der Waals surface area contributed by atoms with Crippen LogP contribution in [0.3, 0.4) is 0 Å². The zero-order chi connectivity index (χ0) is 29.9. The number of unbranched alkanes of at least 4 members (excludes halogenated alkanes) is 2. The Labute approximate surface area is 253 Å². The minimum atomic E-state index is -2.50. The molecule has 0 saturated heterocycles. The van der Waals surface area contributed by atoms with Crippen molar-refractivity contribution in [1.29, 1.82) is 0 Å². The van der Waals surface area contributed by atoms with E-state index >= 15 is 0 Å². The molecule has 1 heterocycles. The van der Waals surface area contributed by atoms with Crippen LogP contribution in [-0.4, -0.2) is 8.07 Å². The number of rotatable bonds is 10. The Kier molecular flexibility index (Phi) is 9.69. The fourth-order valence-electron chi connectivity index (χ4n) is 6.62. The summed E-state index contributed by atoms with van der Waals surface area (Å²) in [5, 5.41) is 6.30. The van der Waals surface area contributed by atoms with Crippen LogP contribution in [0.15, 0.2) is 84.1 Å². The lowest BCUT2D eigenvalue weighted by Gasteiger charge is -2.48. The van der Waals surface area contributed by atoms with Gasteiger partial charge in [0, 0.05) is 0 Å². The Morgan fingerprint density at radius 1 is 0.732 bits per heavy atom. The van der Waals surface area contributed by atoms with Crippen molar-refractivity contribution >= 4 is 23.6 Å². The van der Waals surface area contributed by atoms with Gasteiger partial charge in [-0.3, -0.25) is 0 Å². The molecular formula is C40H54Si. The Balaban J connectivity index is 2.08. The maximum atomic E-state index is 2.60. The van der Waals surface area contributed by atoms with Crippen molar-refractivity contribution in [3.63, 3.8) is 0 Å². The first-order valence-electron chi connectivity index (χ1n) is 16.2. The lowest BCUT2D eigenvalue weighted by Crippen LogP contribution is -2.67. The van der Waals surface area contributed by atoms with Crippen LogP contribution in [0, 0.1) is 5.41 Å². The molecule has 3 aromatic rings. The van der Waals surface area contributed by atoms with Crippen LogP contribution in [-0.2, 0) is 6.42 Å². The predicted molar refractivity (Wildman–Crippen MR) is 185 cm³/mol. The Bertz CT molecular complexity index is 1350. The van der Waals surface area contributed by atoms with Crippen LogP contribution >= 0.6 is 0 Å². The minimum Gasteiger partial charge on any atom is -0.0788 e. The summed E-state index contributed by atoms with van der Waals surface area (Å²) in [6.07, 6.45) is 10.2. The van der Waals surface area contributed by atoms with Crippen molar-refractivity contribution in [3.05, 3.63) is 112 Å². The van der Waals surface area contributed by atoms with Gasteiger partial charge in [-0.05, 0) is 84.6 Å². The molecule has 0 nitrogen and oxygen atoms in total. The first-order valence-corrected chi connectivity index (χ1v) is 18.2. The highest BCUT2D eigenvalue weighted by Crippen LogP contribution is 2.46. The number of aryl methyl sites for hydroxylation is 1. The van der Waals surface area contributed by atoms with E-state index in [1.165, 1.54) is 47.6 Å². The van der Waals surface area contributed by atoms with Crippen LogP contribution < -0.4 is 10.4 Å². The summed E-state index contributed by atoms with van der Waals surface area (Å²) in [7, 11) is -2.50. The first kappa shape index (κ1) is 31.3. The zero-order valence-corrected chi connectivity index (χ0v) is 28.6. The van der Waals surface area contributed by atoms with E-state index < -0.39 is 8.07 Å². The molecular weight excluding hydrogens is 509 g/mol. The molecule has 218 valence electrons. The van der Waals surface area contributed by atoms with Gasteiger partial charge >= 0.3 is 0 Å². The topological polar surface area (TPSA) is 0 Å². The predicted octanol–water partition coefficient (Wildman–Crippen LogP) is 10.5. The summed E-state index contributed by atoms with van der Waals surface area (Å²) >= 11 is 0. The van der Waals surface area contributed by atoms with Crippen LogP contribution in [0.25, 0.3) is 5.20 Å². The number of hydrogen-bond donors (Lipinski definition) is 0. The van der Waals surface area contributed by atoms with Gasteiger partial charge < -0.3 is 0 Å². The van der Waals surface area contributed by atoms with Gasteiger partial charge in [0.05, 0.1) is 0 Å². The standard InChI is InChI=1S/C40H54Si/c1-11-12-14-17-31-20-22-32(23-21-31)38-26-35(27-40(8,9)10)41(38,34-18-15-13-16-19-34)39-36(29(4)5)24-33(28(2)3)25-37(39)30(6)7/h13,15-16,18-30H,11-12,14,17H2,1-10H3/b35-27+. The average Bonchev–Trinajstić information content (AvgIpc) is 2.91. The Morgan fingerprint density at radius 2 is 1.32 bits per heavy atom. The molecule has 4 rings (SSSR count). The molecule has 0 bridgehead atoms. The van der Waals surface area contributed by atoms with Crippen molar-refractivity contribution in [2.75, 3.05) is 0 Å². The molecule has 1 unspecified atom stereocenters. The van der Waals surface area contributed by atoms with Crippen molar-refractivity contribution < 1.29 is 0 Å². The van der Waals surface area contributed by atoms with Gasteiger partial charge in [0.25, 0.3) is 0 Å². The molecule has 3 aromatic carbocycles. The van der Waals surface area contributed by atoms with Crippen molar-refractivity contribution in [2.45, 2.75) is 113 Å². The molecule has 1 atom stereocenters. The summed E-state index contributed by atoms with van der Waals surface area (Å²) in [5.41, 5.74) is 7.55. The van der Waals surface area contributed by atoms with E-state index in [0.717, 1.165) is 0 Å². The monoisotopic (exact) mass is 562 g/mol. The minimum absolute atomic E-state index is 0.0986. The highest BCUT2D eigenvalue weighted by Gasteiger charge is 2.53. The molecule has 0 fully saturated rings. The van der Waals surface area contributed by atoms with Crippen molar-refractivity contribution in [1.82, 2.24) is 0 Å². The van der Waals surface area contributed by atoms with Gasteiger partial charge in [-0.2, -0.15) is 0 Å². The quantitative estimate of drug-likeness (QED) is 0.170. The molecule has 0 spiro atoms. The van der Waals surface area contributed by atoms with Gasteiger partial charge in [-0.15, -0.1) is 0 Å². The summed E-state index contributed by atoms with van der Waals surface area (Å²) in [6.45, 7) is 23.7. The highest BCUT2D eigenvalue weighted by atomic mass is 28.3. The molecule has 0 N–H and O–H groups in total. The molecule has 1 heteroatoms. The van der Waals surface area contributed by atoms with E-state index in [9.17, 15) is 0 Å². The van der Waals surface area contributed by atoms with Crippen LogP contribution in [0.5, 0.6) is 0 Å². The second-order valence-electron chi connectivity index (χ2n) is 14.3. The van der Waals surface area contributed by atoms with E-state index in [1.54, 1.807) is 26.7 Å². The number of hydrogen-bond acceptors (Lipinski definition) is 0. The van der Waals surface area contributed by atoms with Gasteiger partial charge in [0.1, 0.15) is 0 Å². The summed E-state index contributed by atoms with van der Waals surface area (Å²) < 4.78 is 0. The Morgan fingerprint density at radius 3 is 1.80 bits per heavy atom. The molecule has 0 aliphatic carbocycles. The third-order valence-electron chi connectivity index (χ3n) is 8.77. The lowest BCUT2D eigenvalue weighted by molar-refractivity contribution is 0.543. The fourth-order valence-corrected chi connectivity index (χ4v) is 12.5. The van der Waals surface area contributed by atoms with Gasteiger partial charge in [-0.25, -0.2) is 0 Å². The second kappa shape index (κ2) is 12.7. The lowest BCUT2D eigenvalue weighted by atomic mass is 9.89. The molecule has 0 saturated carbocycles. The molecule has 41 heavy (non-hydrogen) atoms. The fraction of sp³-hybridized carbons (Fsp3) is 0.450. The molecule has 0 aromatic heterocycles. The second-order valence-corrected chi connectivity index (χ2v) is 18.0. The third kappa shape index (κ3) is 6.41. The first-order chi connectivity index (χ1) is 19.4. The van der Waals surface area contributed by atoms with E-state index in [2.05, 4.69) is 148 Å². The van der Waals surface area contributed by atoms with E-state index in [1.807, 2.05) is 0 Å². The van der Waals surface area contributed by atoms with Gasteiger partial charge in [0.15, 0.2) is 8.07 Å². The average molecular weight is 563 g/mol. The number of allylic oxidation sites excluding steroid dienone is 3. The zero-order valence-electron chi connectivity index (χ0n) is 27.6. The van der Waals surface area contributed by atoms with Crippen LogP contribution in [0.2, 0.25) is 0 Å². The van der Waals surface area contributed by atoms with E-state index in [0.29, 0.717) is 17.8 Å². The van der Waals surface area contributed by atoms with E-state index in [4.69, 9.17) is 0 Å². The summed E-state index contributed by atoms with van der Waals surface area (Å²) in [4.78, 5) is 0. The molecule has 1 aliphatic rings. The third-order valence-corrected chi connectivity index (χ3v) is 13.7. The molecule has 0 radical (unpaired) electrons.